The molecule has 0 bridgehead atoms. The predicted octanol–water partition coefficient (Wildman–Crippen LogP) is 2.36. The Labute approximate surface area is 114 Å². The second-order valence-electron chi connectivity index (χ2n) is 3.96. The van der Waals surface area contributed by atoms with Gasteiger partial charge in [0, 0.05) is 11.1 Å². The van der Waals surface area contributed by atoms with Crippen LogP contribution in [0.2, 0.25) is 0 Å². The number of nitrogens with zero attached hydrogens (tertiary/aromatic N) is 1. The highest BCUT2D eigenvalue weighted by Gasteiger charge is 2.14. The Balaban J connectivity index is 2.08. The topological polar surface area (TPSA) is 68.0 Å². The van der Waals surface area contributed by atoms with E-state index in [9.17, 15) is 9.18 Å². The van der Waals surface area contributed by atoms with Crippen LogP contribution >= 0.6 is 11.3 Å². The van der Waals surface area contributed by atoms with E-state index in [1.807, 2.05) is 11.4 Å². The zero-order valence-corrected chi connectivity index (χ0v) is 11.3. The first kappa shape index (κ1) is 13.5. The summed E-state index contributed by atoms with van der Waals surface area (Å²) in [6, 6.07) is 3.34. The molecular weight excluding hydrogens is 265 g/mol. The van der Waals surface area contributed by atoms with Gasteiger partial charge in [0.1, 0.15) is 0 Å². The highest BCUT2D eigenvalue weighted by Crippen LogP contribution is 2.17. The Morgan fingerprint density at radius 1 is 1.53 bits per heavy atom. The molecule has 1 amide bonds. The van der Waals surface area contributed by atoms with Crippen molar-refractivity contribution in [3.05, 3.63) is 45.5 Å². The van der Waals surface area contributed by atoms with Gasteiger partial charge in [0.15, 0.2) is 11.6 Å². The van der Waals surface area contributed by atoms with Crippen molar-refractivity contribution in [1.29, 1.82) is 0 Å². The molecule has 2 heterocycles. The molecule has 4 nitrogen and oxygen atoms in total. The minimum Gasteiger partial charge on any atom is -0.381 e. The lowest BCUT2D eigenvalue weighted by atomic mass is 10.2. The van der Waals surface area contributed by atoms with E-state index in [2.05, 4.69) is 17.2 Å². The maximum atomic E-state index is 13.6. The van der Waals surface area contributed by atoms with Crippen LogP contribution in [0.15, 0.2) is 23.7 Å². The molecule has 0 aliphatic carbocycles. The van der Waals surface area contributed by atoms with Crippen molar-refractivity contribution < 1.29 is 9.18 Å². The zero-order chi connectivity index (χ0) is 13.8. The van der Waals surface area contributed by atoms with Crippen LogP contribution in [0.5, 0.6) is 0 Å². The molecule has 0 saturated carbocycles. The van der Waals surface area contributed by atoms with Crippen molar-refractivity contribution in [1.82, 2.24) is 10.3 Å². The van der Waals surface area contributed by atoms with E-state index in [1.54, 1.807) is 11.3 Å². The van der Waals surface area contributed by atoms with Crippen molar-refractivity contribution in [2.24, 2.45) is 0 Å². The van der Waals surface area contributed by atoms with Gasteiger partial charge in [-0.25, -0.2) is 9.37 Å². The third kappa shape index (κ3) is 2.90. The molecule has 0 aromatic carbocycles. The molecule has 0 unspecified atom stereocenters. The van der Waals surface area contributed by atoms with E-state index in [-0.39, 0.29) is 11.4 Å². The van der Waals surface area contributed by atoms with Crippen LogP contribution in [-0.4, -0.2) is 10.9 Å². The maximum Gasteiger partial charge on any atom is 0.254 e. The molecule has 0 atom stereocenters. The molecule has 2 aromatic rings. The largest absolute Gasteiger partial charge is 0.381 e. The fraction of sp³-hybridized carbons (Fsp3) is 0.231. The lowest BCUT2D eigenvalue weighted by Crippen LogP contribution is -2.24. The number of halogens is 1. The van der Waals surface area contributed by atoms with E-state index in [0.717, 1.165) is 11.3 Å². The fourth-order valence-electron chi connectivity index (χ4n) is 1.73. The van der Waals surface area contributed by atoms with Crippen LogP contribution in [0.25, 0.3) is 0 Å². The van der Waals surface area contributed by atoms with Crippen LogP contribution in [0.1, 0.15) is 27.7 Å². The fourth-order valence-corrected chi connectivity index (χ4v) is 2.64. The number of aryl methyl sites for hydroxylation is 1. The van der Waals surface area contributed by atoms with Crippen molar-refractivity contribution in [3.63, 3.8) is 0 Å². The number of nitrogen functional groups attached to an aromatic ring is 1. The van der Waals surface area contributed by atoms with Gasteiger partial charge in [0.05, 0.1) is 12.1 Å². The number of rotatable bonds is 4. The predicted molar refractivity (Wildman–Crippen MR) is 73.5 cm³/mol. The van der Waals surface area contributed by atoms with E-state index < -0.39 is 11.7 Å². The van der Waals surface area contributed by atoms with E-state index in [0.29, 0.717) is 6.54 Å². The molecule has 6 heteroatoms. The summed E-state index contributed by atoms with van der Waals surface area (Å²) < 4.78 is 13.6. The number of aromatic nitrogens is 1. The summed E-state index contributed by atoms with van der Waals surface area (Å²) in [7, 11) is 0. The molecule has 2 rings (SSSR count). The van der Waals surface area contributed by atoms with Gasteiger partial charge in [-0.2, -0.15) is 0 Å². The monoisotopic (exact) mass is 279 g/mol. The molecular formula is C13H14FN3OS. The molecule has 0 fully saturated rings. The summed E-state index contributed by atoms with van der Waals surface area (Å²) in [5.41, 5.74) is 6.44. The van der Waals surface area contributed by atoms with Gasteiger partial charge < -0.3 is 11.1 Å². The number of nitrogens with one attached hydrogen (secondary N) is 1. The normalized spacial score (nSPS) is 10.4. The minimum absolute atomic E-state index is 0.0814. The van der Waals surface area contributed by atoms with Gasteiger partial charge in [0.2, 0.25) is 0 Å². The van der Waals surface area contributed by atoms with Crippen LogP contribution in [0.3, 0.4) is 0 Å². The van der Waals surface area contributed by atoms with Crippen molar-refractivity contribution in [2.75, 3.05) is 5.73 Å². The first-order chi connectivity index (χ1) is 9.13. The zero-order valence-electron chi connectivity index (χ0n) is 10.4. The molecule has 2 aromatic heterocycles. The maximum absolute atomic E-state index is 13.6. The smallest absolute Gasteiger partial charge is 0.254 e. The quantitative estimate of drug-likeness (QED) is 0.902. The van der Waals surface area contributed by atoms with Crippen molar-refractivity contribution in [3.8, 4) is 0 Å². The Morgan fingerprint density at radius 3 is 3.05 bits per heavy atom. The number of hydrogen-bond acceptors (Lipinski definition) is 4. The number of carbonyl (C=O) groups excluding carboxylic acids is 1. The second kappa shape index (κ2) is 5.79. The first-order valence-corrected chi connectivity index (χ1v) is 6.74. The highest BCUT2D eigenvalue weighted by molar-refractivity contribution is 7.10. The van der Waals surface area contributed by atoms with Gasteiger partial charge in [-0.1, -0.05) is 6.92 Å². The van der Waals surface area contributed by atoms with Crippen LogP contribution in [-0.2, 0) is 13.0 Å². The average Bonchev–Trinajstić information content (AvgIpc) is 2.86. The average molecular weight is 279 g/mol. The minimum atomic E-state index is -0.776. The van der Waals surface area contributed by atoms with Gasteiger partial charge in [-0.05, 0) is 29.5 Å². The van der Waals surface area contributed by atoms with Crippen molar-refractivity contribution in [2.45, 2.75) is 19.9 Å². The molecule has 3 N–H and O–H groups in total. The number of hydrogen-bond donors (Lipinski definition) is 2. The molecule has 0 radical (unpaired) electrons. The van der Waals surface area contributed by atoms with E-state index in [4.69, 9.17) is 5.73 Å². The second-order valence-corrected chi connectivity index (χ2v) is 4.96. The van der Waals surface area contributed by atoms with Gasteiger partial charge in [0.25, 0.3) is 5.91 Å². The summed E-state index contributed by atoms with van der Waals surface area (Å²) in [6.07, 6.45) is 2.22. The Bertz CT molecular complexity index is 597. The lowest BCUT2D eigenvalue weighted by Gasteiger charge is -2.07. The number of pyridine rings is 1. The van der Waals surface area contributed by atoms with Gasteiger partial charge in [-0.15, -0.1) is 11.3 Å². The number of thiophene rings is 1. The summed E-state index contributed by atoms with van der Waals surface area (Å²) >= 11 is 1.57. The SMILES string of the molecule is CCc1ccsc1CNC(=O)c1ccnc(N)c1F. The summed E-state index contributed by atoms with van der Waals surface area (Å²) in [5, 5.41) is 4.67. The van der Waals surface area contributed by atoms with Gasteiger partial charge in [-0.3, -0.25) is 4.79 Å². The van der Waals surface area contributed by atoms with Crippen molar-refractivity contribution >= 4 is 23.1 Å². The highest BCUT2D eigenvalue weighted by atomic mass is 32.1. The number of anilines is 1. The molecule has 0 aliphatic heterocycles. The molecule has 0 aliphatic rings. The Morgan fingerprint density at radius 2 is 2.32 bits per heavy atom. The Hall–Kier alpha value is -1.95. The van der Waals surface area contributed by atoms with Crippen LogP contribution < -0.4 is 11.1 Å². The number of amides is 1. The summed E-state index contributed by atoms with van der Waals surface area (Å²) in [5.74, 6) is -1.53. The molecule has 100 valence electrons. The van der Waals surface area contributed by atoms with Crippen LogP contribution in [0, 0.1) is 5.82 Å². The molecule has 0 spiro atoms. The van der Waals surface area contributed by atoms with Gasteiger partial charge >= 0.3 is 0 Å². The van der Waals surface area contributed by atoms with E-state index >= 15 is 0 Å². The number of carbonyl (C=O) groups is 1. The third-order valence-electron chi connectivity index (χ3n) is 2.79. The van der Waals surface area contributed by atoms with E-state index in [1.165, 1.54) is 17.8 Å². The lowest BCUT2D eigenvalue weighted by molar-refractivity contribution is 0.0947. The standard InChI is InChI=1S/C13H14FN3OS/c1-2-8-4-6-19-10(8)7-17-13(18)9-3-5-16-12(15)11(9)14/h3-6H,2,7H2,1H3,(H2,15,16)(H,17,18). The first-order valence-electron chi connectivity index (χ1n) is 5.87. The third-order valence-corrected chi connectivity index (χ3v) is 3.75. The molecule has 0 saturated heterocycles. The number of nitrogens with two attached hydrogens (primary N) is 1. The summed E-state index contributed by atoms with van der Waals surface area (Å²) in [4.78, 5) is 16.5. The van der Waals surface area contributed by atoms with Crippen LogP contribution in [0.4, 0.5) is 10.2 Å². The molecule has 19 heavy (non-hydrogen) atoms. The summed E-state index contributed by atoms with van der Waals surface area (Å²) in [6.45, 7) is 2.44. The Kier molecular flexibility index (Phi) is 4.11.